The monoisotopic (exact) mass is 479 g/mol. The number of amides is 1. The molecule has 0 unspecified atom stereocenters. The Hall–Kier alpha value is -2.69. The number of rotatable bonds is 10. The molecule has 0 bridgehead atoms. The van der Waals surface area contributed by atoms with Crippen molar-refractivity contribution in [2.45, 2.75) is 36.7 Å². The van der Waals surface area contributed by atoms with Gasteiger partial charge in [-0.25, -0.2) is 17.5 Å². The van der Waals surface area contributed by atoms with Crippen molar-refractivity contribution in [3.05, 3.63) is 53.8 Å². The Labute approximate surface area is 194 Å². The summed E-state index contributed by atoms with van der Waals surface area (Å²) in [6.07, 6.45) is 1.66. The minimum absolute atomic E-state index is 0.00801. The average Bonchev–Trinajstić information content (AvgIpc) is 2.81. The molecule has 0 saturated carbocycles. The number of benzene rings is 2. The summed E-state index contributed by atoms with van der Waals surface area (Å²) in [5.74, 6) is 0.302. The van der Waals surface area contributed by atoms with Gasteiger partial charge in [-0.2, -0.15) is 0 Å². The van der Waals surface area contributed by atoms with E-state index in [1.807, 2.05) is 0 Å². The lowest BCUT2D eigenvalue weighted by atomic mass is 10.0. The molecule has 2 aromatic carbocycles. The molecule has 0 aromatic heterocycles. The van der Waals surface area contributed by atoms with Gasteiger partial charge in [0.15, 0.2) is 11.5 Å². The minimum Gasteiger partial charge on any atom is -0.493 e. The predicted octanol–water partition coefficient (Wildman–Crippen LogP) is 2.29. The standard InChI is InChI=1S/C23H30FN3O5S/c1-31-21-8-7-20(15-22(21)32-2)33(29,30)25-12-9-23(28)26-19-10-13-27(14-11-19)16-17-3-5-18(24)6-4-17/h3-8,15,19,25H,9-14,16H2,1-2H3,(H,26,28). The lowest BCUT2D eigenvalue weighted by Gasteiger charge is -2.32. The summed E-state index contributed by atoms with van der Waals surface area (Å²) in [5.41, 5.74) is 1.06. The van der Waals surface area contributed by atoms with Crippen molar-refractivity contribution in [2.24, 2.45) is 0 Å². The van der Waals surface area contributed by atoms with Gasteiger partial charge in [0.1, 0.15) is 5.82 Å². The van der Waals surface area contributed by atoms with Crippen LogP contribution in [0.2, 0.25) is 0 Å². The van der Waals surface area contributed by atoms with Crippen LogP contribution in [0.25, 0.3) is 0 Å². The third kappa shape index (κ3) is 7.15. The number of sulfonamides is 1. The Kier molecular flexibility index (Phi) is 8.65. The zero-order valence-electron chi connectivity index (χ0n) is 18.8. The van der Waals surface area contributed by atoms with Crippen LogP contribution in [0, 0.1) is 5.82 Å². The fraction of sp³-hybridized carbons (Fsp3) is 0.435. The molecular weight excluding hydrogens is 449 g/mol. The quantitative estimate of drug-likeness (QED) is 0.543. The number of methoxy groups -OCH3 is 2. The summed E-state index contributed by atoms with van der Waals surface area (Å²) < 4.78 is 50.8. The van der Waals surface area contributed by atoms with E-state index in [0.29, 0.717) is 11.5 Å². The molecule has 0 atom stereocenters. The molecule has 1 aliphatic rings. The molecule has 0 radical (unpaired) electrons. The van der Waals surface area contributed by atoms with E-state index in [1.54, 1.807) is 12.1 Å². The van der Waals surface area contributed by atoms with E-state index in [2.05, 4.69) is 14.9 Å². The lowest BCUT2D eigenvalue weighted by Crippen LogP contribution is -2.45. The van der Waals surface area contributed by atoms with Gasteiger partial charge in [-0.1, -0.05) is 12.1 Å². The molecule has 33 heavy (non-hydrogen) atoms. The minimum atomic E-state index is -3.78. The van der Waals surface area contributed by atoms with Crippen LogP contribution in [-0.4, -0.2) is 59.1 Å². The van der Waals surface area contributed by atoms with E-state index in [-0.39, 0.29) is 35.6 Å². The fourth-order valence-electron chi connectivity index (χ4n) is 3.75. The molecule has 1 heterocycles. The first-order valence-electron chi connectivity index (χ1n) is 10.8. The molecule has 8 nitrogen and oxygen atoms in total. The summed E-state index contributed by atoms with van der Waals surface area (Å²) in [5, 5.41) is 2.98. The van der Waals surface area contributed by atoms with Crippen LogP contribution < -0.4 is 19.5 Å². The highest BCUT2D eigenvalue weighted by atomic mass is 32.2. The molecule has 1 fully saturated rings. The average molecular weight is 480 g/mol. The topological polar surface area (TPSA) is 97.0 Å². The van der Waals surface area contributed by atoms with Crippen LogP contribution in [0.4, 0.5) is 4.39 Å². The van der Waals surface area contributed by atoms with Gasteiger partial charge in [0, 0.05) is 44.7 Å². The molecule has 0 aliphatic carbocycles. The van der Waals surface area contributed by atoms with E-state index >= 15 is 0 Å². The second-order valence-corrected chi connectivity index (χ2v) is 9.68. The Balaban J connectivity index is 1.40. The zero-order valence-corrected chi connectivity index (χ0v) is 19.7. The van der Waals surface area contributed by atoms with Gasteiger partial charge < -0.3 is 14.8 Å². The van der Waals surface area contributed by atoms with E-state index in [9.17, 15) is 17.6 Å². The number of nitrogens with zero attached hydrogens (tertiary/aromatic N) is 1. The molecule has 10 heteroatoms. The van der Waals surface area contributed by atoms with Crippen LogP contribution in [0.3, 0.4) is 0 Å². The van der Waals surface area contributed by atoms with Crippen LogP contribution in [0.5, 0.6) is 11.5 Å². The molecule has 2 N–H and O–H groups in total. The van der Waals surface area contributed by atoms with Gasteiger partial charge in [0.05, 0.1) is 19.1 Å². The Morgan fingerprint density at radius 1 is 1.06 bits per heavy atom. The largest absolute Gasteiger partial charge is 0.493 e. The Morgan fingerprint density at radius 3 is 2.36 bits per heavy atom. The number of likely N-dealkylation sites (tertiary alicyclic amines) is 1. The number of halogens is 1. The number of carbonyl (C=O) groups excluding carboxylic acids is 1. The second-order valence-electron chi connectivity index (χ2n) is 7.91. The number of nitrogens with one attached hydrogen (secondary N) is 2. The highest BCUT2D eigenvalue weighted by Gasteiger charge is 2.21. The van der Waals surface area contributed by atoms with Crippen LogP contribution >= 0.6 is 0 Å². The van der Waals surface area contributed by atoms with Gasteiger partial charge in [-0.15, -0.1) is 0 Å². The Bertz CT molecular complexity index is 1040. The highest BCUT2D eigenvalue weighted by molar-refractivity contribution is 7.89. The summed E-state index contributed by atoms with van der Waals surface area (Å²) >= 11 is 0. The highest BCUT2D eigenvalue weighted by Crippen LogP contribution is 2.29. The fourth-order valence-corrected chi connectivity index (χ4v) is 4.80. The zero-order chi connectivity index (χ0) is 23.8. The maximum Gasteiger partial charge on any atom is 0.240 e. The molecule has 1 aliphatic heterocycles. The van der Waals surface area contributed by atoms with E-state index in [0.717, 1.165) is 38.0 Å². The van der Waals surface area contributed by atoms with Crippen molar-refractivity contribution in [2.75, 3.05) is 33.9 Å². The lowest BCUT2D eigenvalue weighted by molar-refractivity contribution is -0.121. The normalized spacial score (nSPS) is 15.2. The number of piperidine rings is 1. The summed E-state index contributed by atoms with van der Waals surface area (Å²) in [7, 11) is -0.882. The first-order chi connectivity index (χ1) is 15.8. The molecule has 2 aromatic rings. The molecule has 180 valence electrons. The maximum absolute atomic E-state index is 13.0. The number of hydrogen-bond donors (Lipinski definition) is 2. The summed E-state index contributed by atoms with van der Waals surface area (Å²) in [6.45, 7) is 2.40. The smallest absolute Gasteiger partial charge is 0.240 e. The van der Waals surface area contributed by atoms with Gasteiger partial charge in [-0.3, -0.25) is 9.69 Å². The number of hydrogen-bond acceptors (Lipinski definition) is 6. The van der Waals surface area contributed by atoms with Gasteiger partial charge in [0.2, 0.25) is 15.9 Å². The summed E-state index contributed by atoms with van der Waals surface area (Å²) in [6, 6.07) is 10.9. The molecule has 1 saturated heterocycles. The van der Waals surface area contributed by atoms with Crippen LogP contribution in [-0.2, 0) is 21.4 Å². The molecule has 3 rings (SSSR count). The predicted molar refractivity (Wildman–Crippen MR) is 122 cm³/mol. The van der Waals surface area contributed by atoms with Crippen molar-refractivity contribution in [3.63, 3.8) is 0 Å². The van der Waals surface area contributed by atoms with Gasteiger partial charge in [0.25, 0.3) is 0 Å². The van der Waals surface area contributed by atoms with Crippen molar-refractivity contribution < 1.29 is 27.1 Å². The number of carbonyl (C=O) groups is 1. The molecule has 1 amide bonds. The van der Waals surface area contributed by atoms with E-state index in [1.165, 1.54) is 44.6 Å². The molecule has 0 spiro atoms. The number of ether oxygens (including phenoxy) is 2. The van der Waals surface area contributed by atoms with Crippen molar-refractivity contribution in [1.82, 2.24) is 14.9 Å². The SMILES string of the molecule is COc1ccc(S(=O)(=O)NCCC(=O)NC2CCN(Cc3ccc(F)cc3)CC2)cc1OC. The Morgan fingerprint density at radius 2 is 1.73 bits per heavy atom. The second kappa shape index (κ2) is 11.4. The summed E-state index contributed by atoms with van der Waals surface area (Å²) in [4.78, 5) is 14.6. The first-order valence-corrected chi connectivity index (χ1v) is 12.3. The third-order valence-electron chi connectivity index (χ3n) is 5.58. The van der Waals surface area contributed by atoms with E-state index < -0.39 is 10.0 Å². The third-order valence-corrected chi connectivity index (χ3v) is 7.04. The van der Waals surface area contributed by atoms with Crippen molar-refractivity contribution in [3.8, 4) is 11.5 Å². The van der Waals surface area contributed by atoms with E-state index in [4.69, 9.17) is 9.47 Å². The van der Waals surface area contributed by atoms with Crippen LogP contribution in [0.1, 0.15) is 24.8 Å². The van der Waals surface area contributed by atoms with Crippen molar-refractivity contribution >= 4 is 15.9 Å². The first kappa shape index (κ1) is 24.9. The van der Waals surface area contributed by atoms with Crippen molar-refractivity contribution in [1.29, 1.82) is 0 Å². The molecular formula is C23H30FN3O5S. The van der Waals surface area contributed by atoms with Gasteiger partial charge >= 0.3 is 0 Å². The van der Waals surface area contributed by atoms with Gasteiger partial charge in [-0.05, 0) is 42.7 Å². The van der Waals surface area contributed by atoms with Crippen LogP contribution in [0.15, 0.2) is 47.4 Å². The maximum atomic E-state index is 13.0.